The number of amides is 2. The van der Waals surface area contributed by atoms with E-state index < -0.39 is 18.8 Å². The van der Waals surface area contributed by atoms with Crippen molar-refractivity contribution >= 4 is 17.4 Å². The van der Waals surface area contributed by atoms with Gasteiger partial charge < -0.3 is 25.8 Å². The molecular formula is C25H25F3N6O. The average Bonchev–Trinajstić information content (AvgIpc) is 3.27. The highest BCUT2D eigenvalue weighted by atomic mass is 19.4. The van der Waals surface area contributed by atoms with Crippen molar-refractivity contribution in [3.05, 3.63) is 90.4 Å². The van der Waals surface area contributed by atoms with Gasteiger partial charge in [0, 0.05) is 53.4 Å². The Bertz CT molecular complexity index is 1260. The summed E-state index contributed by atoms with van der Waals surface area (Å²) in [5.74, 6) is 6.82. The number of hydrogen-bond acceptors (Lipinski definition) is 4. The van der Waals surface area contributed by atoms with Gasteiger partial charge in [-0.2, -0.15) is 13.2 Å². The Balaban J connectivity index is 1.72. The third-order valence-electron chi connectivity index (χ3n) is 4.86. The summed E-state index contributed by atoms with van der Waals surface area (Å²) < 4.78 is 38.9. The number of urea groups is 1. The predicted molar refractivity (Wildman–Crippen MR) is 129 cm³/mol. The van der Waals surface area contributed by atoms with Crippen LogP contribution in [-0.2, 0) is 0 Å². The first-order valence-electron chi connectivity index (χ1n) is 10.6. The van der Waals surface area contributed by atoms with Crippen molar-refractivity contribution in [2.45, 2.75) is 26.1 Å². The zero-order valence-electron chi connectivity index (χ0n) is 19.2. The molecule has 2 amide bonds. The van der Waals surface area contributed by atoms with E-state index in [-0.39, 0.29) is 6.04 Å². The Morgan fingerprint density at radius 3 is 2.74 bits per heavy atom. The Kier molecular flexibility index (Phi) is 7.71. The molecule has 10 heteroatoms. The molecule has 2 aromatic rings. The second kappa shape index (κ2) is 10.7. The molecule has 2 heterocycles. The van der Waals surface area contributed by atoms with Gasteiger partial charge in [0.1, 0.15) is 6.54 Å². The molecule has 1 aliphatic heterocycles. The van der Waals surface area contributed by atoms with Gasteiger partial charge in [0.05, 0.1) is 5.70 Å². The van der Waals surface area contributed by atoms with E-state index in [0.29, 0.717) is 28.5 Å². The zero-order valence-corrected chi connectivity index (χ0v) is 19.2. The van der Waals surface area contributed by atoms with Crippen molar-refractivity contribution in [2.24, 2.45) is 5.73 Å². The zero-order chi connectivity index (χ0) is 25.6. The van der Waals surface area contributed by atoms with E-state index in [2.05, 4.69) is 28.7 Å². The molecule has 0 saturated heterocycles. The average molecular weight is 483 g/mol. The number of imidazole rings is 1. The maximum Gasteiger partial charge on any atom is 0.405 e. The normalized spacial score (nSPS) is 13.9. The largest absolute Gasteiger partial charge is 0.405 e. The lowest BCUT2D eigenvalue weighted by Gasteiger charge is -2.26. The van der Waals surface area contributed by atoms with Crippen molar-refractivity contribution in [3.8, 4) is 11.8 Å². The smallest absolute Gasteiger partial charge is 0.403 e. The van der Waals surface area contributed by atoms with Crippen LogP contribution in [0.25, 0.3) is 5.70 Å². The number of anilines is 1. The highest BCUT2D eigenvalue weighted by Crippen LogP contribution is 2.28. The number of halogens is 3. The van der Waals surface area contributed by atoms with Crippen LogP contribution in [0.1, 0.15) is 31.3 Å². The molecule has 1 aromatic carbocycles. The molecule has 1 aromatic heterocycles. The topological polar surface area (TPSA) is 88.2 Å². The summed E-state index contributed by atoms with van der Waals surface area (Å²) in [5.41, 5.74) is 8.70. The Hall–Kier alpha value is -4.39. The van der Waals surface area contributed by atoms with Crippen LogP contribution in [0, 0.1) is 11.8 Å². The highest BCUT2D eigenvalue weighted by Gasteiger charge is 2.27. The fourth-order valence-electron chi connectivity index (χ4n) is 3.24. The summed E-state index contributed by atoms with van der Waals surface area (Å²) >= 11 is 0. The van der Waals surface area contributed by atoms with Crippen molar-refractivity contribution in [2.75, 3.05) is 11.9 Å². The molecule has 182 valence electrons. The monoisotopic (exact) mass is 482 g/mol. The summed E-state index contributed by atoms with van der Waals surface area (Å²) in [5, 5.41) is 4.15. The Morgan fingerprint density at radius 1 is 1.31 bits per heavy atom. The third kappa shape index (κ3) is 6.80. The van der Waals surface area contributed by atoms with Crippen LogP contribution in [0.3, 0.4) is 0 Å². The number of aromatic nitrogens is 2. The number of nitrogens with one attached hydrogen (secondary N) is 2. The van der Waals surface area contributed by atoms with Crippen LogP contribution in [0.2, 0.25) is 0 Å². The van der Waals surface area contributed by atoms with Gasteiger partial charge in [-0.15, -0.1) is 0 Å². The molecule has 0 unspecified atom stereocenters. The van der Waals surface area contributed by atoms with Crippen molar-refractivity contribution < 1.29 is 18.0 Å². The molecule has 0 aliphatic carbocycles. The highest BCUT2D eigenvalue weighted by molar-refractivity contribution is 5.90. The molecule has 4 N–H and O–H groups in total. The van der Waals surface area contributed by atoms with Crippen LogP contribution in [0.4, 0.5) is 23.7 Å². The minimum absolute atomic E-state index is 0.237. The summed E-state index contributed by atoms with van der Waals surface area (Å²) in [7, 11) is 0. The first-order chi connectivity index (χ1) is 16.6. The number of rotatable bonds is 5. The number of allylic oxidation sites excluding steroid dienone is 3. The lowest BCUT2D eigenvalue weighted by atomic mass is 10.1. The number of alkyl halides is 3. The van der Waals surface area contributed by atoms with E-state index in [4.69, 9.17) is 5.73 Å². The van der Waals surface area contributed by atoms with E-state index in [0.717, 1.165) is 5.57 Å². The molecule has 0 saturated carbocycles. The predicted octanol–water partition coefficient (Wildman–Crippen LogP) is 4.73. The molecular weight excluding hydrogens is 457 g/mol. The molecule has 0 radical (unpaired) electrons. The minimum Gasteiger partial charge on any atom is -0.403 e. The van der Waals surface area contributed by atoms with E-state index in [1.165, 1.54) is 6.20 Å². The number of carbonyl (C=O) groups is 1. The van der Waals surface area contributed by atoms with Crippen LogP contribution < -0.4 is 16.4 Å². The SMILES string of the molecule is C=C1C=C(C#Cc2nccn2C(C)C)C=CN1/C(=C\N)c1cccc(NC(=O)NCC(F)(F)F)c1. The molecule has 0 fully saturated rings. The Morgan fingerprint density at radius 2 is 2.09 bits per heavy atom. The summed E-state index contributed by atoms with van der Waals surface area (Å²) in [4.78, 5) is 17.8. The maximum atomic E-state index is 12.3. The molecule has 0 bridgehead atoms. The summed E-state index contributed by atoms with van der Waals surface area (Å²) in [6, 6.07) is 5.82. The molecule has 0 spiro atoms. The van der Waals surface area contributed by atoms with E-state index in [1.807, 2.05) is 24.6 Å². The minimum atomic E-state index is -4.50. The standard InChI is InChI=1S/C25H25F3N6O/c1-17(2)33-12-10-30-23(33)8-7-19-9-11-34(18(3)13-19)22(15-29)20-5-4-6-21(14-20)32-24(35)31-16-25(26,27)28/h4-6,9-15,17H,3,16,29H2,1-2H3,(H2,31,32,35)/b22-15-. The maximum absolute atomic E-state index is 12.3. The summed E-state index contributed by atoms with van der Waals surface area (Å²) in [6.07, 6.45) is 5.82. The number of nitrogens with two attached hydrogens (primary N) is 1. The molecule has 3 rings (SSSR count). The fraction of sp³-hybridized carbons (Fsp3) is 0.200. The van der Waals surface area contributed by atoms with Crippen molar-refractivity contribution in [1.82, 2.24) is 19.8 Å². The van der Waals surface area contributed by atoms with Gasteiger partial charge in [0.25, 0.3) is 0 Å². The Labute approximate surface area is 201 Å². The van der Waals surface area contributed by atoms with Gasteiger partial charge in [-0.1, -0.05) is 24.6 Å². The van der Waals surface area contributed by atoms with Gasteiger partial charge in [0.15, 0.2) is 5.82 Å². The first-order valence-corrected chi connectivity index (χ1v) is 10.6. The number of nitrogens with zero attached hydrogens (tertiary/aromatic N) is 3. The number of hydrogen-bond donors (Lipinski definition) is 3. The van der Waals surface area contributed by atoms with Gasteiger partial charge in [-0.05, 0) is 44.1 Å². The molecule has 7 nitrogen and oxygen atoms in total. The van der Waals surface area contributed by atoms with Crippen LogP contribution in [0.5, 0.6) is 0 Å². The van der Waals surface area contributed by atoms with E-state index >= 15 is 0 Å². The van der Waals surface area contributed by atoms with Crippen LogP contribution in [-0.4, -0.2) is 33.2 Å². The molecule has 35 heavy (non-hydrogen) atoms. The van der Waals surface area contributed by atoms with Gasteiger partial charge in [-0.3, -0.25) is 0 Å². The fourth-order valence-corrected chi connectivity index (χ4v) is 3.24. The third-order valence-corrected chi connectivity index (χ3v) is 4.86. The molecule has 0 atom stereocenters. The van der Waals surface area contributed by atoms with E-state index in [1.54, 1.807) is 59.0 Å². The lowest BCUT2D eigenvalue weighted by Crippen LogP contribution is -2.36. The summed E-state index contributed by atoms with van der Waals surface area (Å²) in [6.45, 7) is 6.74. The van der Waals surface area contributed by atoms with Crippen LogP contribution in [0.15, 0.2) is 79.1 Å². The second-order valence-electron chi connectivity index (χ2n) is 7.83. The first kappa shape index (κ1) is 25.2. The molecule has 1 aliphatic rings. The van der Waals surface area contributed by atoms with Crippen molar-refractivity contribution in [1.29, 1.82) is 0 Å². The van der Waals surface area contributed by atoms with E-state index in [9.17, 15) is 18.0 Å². The van der Waals surface area contributed by atoms with Gasteiger partial charge >= 0.3 is 12.2 Å². The van der Waals surface area contributed by atoms with Crippen LogP contribution >= 0.6 is 0 Å². The number of carbonyl (C=O) groups excluding carboxylic acids is 1. The van der Waals surface area contributed by atoms with Gasteiger partial charge in [-0.25, -0.2) is 9.78 Å². The second-order valence-corrected chi connectivity index (χ2v) is 7.83. The quantitative estimate of drug-likeness (QED) is 0.538. The van der Waals surface area contributed by atoms with Gasteiger partial charge in [0.2, 0.25) is 0 Å². The van der Waals surface area contributed by atoms with Crippen molar-refractivity contribution in [3.63, 3.8) is 0 Å². The lowest BCUT2D eigenvalue weighted by molar-refractivity contribution is -0.122. The number of benzene rings is 1.